The molecule has 2 unspecified atom stereocenters. The van der Waals surface area contributed by atoms with E-state index in [-0.39, 0.29) is 25.7 Å². The van der Waals surface area contributed by atoms with E-state index in [1.807, 2.05) is 0 Å². The van der Waals surface area contributed by atoms with Gasteiger partial charge in [-0.3, -0.25) is 37.3 Å². The van der Waals surface area contributed by atoms with Crippen molar-refractivity contribution in [2.24, 2.45) is 23.7 Å². The van der Waals surface area contributed by atoms with Crippen molar-refractivity contribution < 1.29 is 80.2 Å². The average Bonchev–Trinajstić information content (AvgIpc) is 3.66. The molecule has 0 radical (unpaired) electrons. The summed E-state index contributed by atoms with van der Waals surface area (Å²) in [6.07, 6.45) is 42.3. The van der Waals surface area contributed by atoms with Crippen LogP contribution < -0.4 is 0 Å². The van der Waals surface area contributed by atoms with Gasteiger partial charge in [-0.2, -0.15) is 0 Å². The molecule has 0 aliphatic heterocycles. The summed E-state index contributed by atoms with van der Waals surface area (Å²) in [5.74, 6) is 0.738. The predicted molar refractivity (Wildman–Crippen MR) is 358 cm³/mol. The van der Waals surface area contributed by atoms with Gasteiger partial charge in [-0.15, -0.1) is 0 Å². The zero-order valence-electron chi connectivity index (χ0n) is 58.1. The van der Waals surface area contributed by atoms with Crippen LogP contribution in [0.3, 0.4) is 0 Å². The molecule has 3 N–H and O–H groups in total. The maximum atomic E-state index is 13.0. The number of esters is 4. The van der Waals surface area contributed by atoms with Gasteiger partial charge in [0.2, 0.25) is 0 Å². The summed E-state index contributed by atoms with van der Waals surface area (Å²) >= 11 is 0. The first kappa shape index (κ1) is 87.1. The number of aliphatic hydroxyl groups is 1. The molecular weight excluding hydrogens is 1170 g/mol. The van der Waals surface area contributed by atoms with Gasteiger partial charge in [0, 0.05) is 25.7 Å². The molecule has 19 heteroatoms. The predicted octanol–water partition coefficient (Wildman–Crippen LogP) is 19.7. The first-order chi connectivity index (χ1) is 42.6. The molecule has 89 heavy (non-hydrogen) atoms. The fourth-order valence-corrected chi connectivity index (χ4v) is 12.1. The molecule has 528 valence electrons. The largest absolute Gasteiger partial charge is 0.472 e. The minimum atomic E-state index is -4.95. The van der Waals surface area contributed by atoms with Crippen LogP contribution in [0.2, 0.25) is 0 Å². The number of hydrogen-bond donors (Lipinski definition) is 3. The van der Waals surface area contributed by atoms with E-state index in [1.165, 1.54) is 135 Å². The zero-order valence-corrected chi connectivity index (χ0v) is 59.8. The Kier molecular flexibility index (Phi) is 58.5. The number of hydrogen-bond acceptors (Lipinski definition) is 15. The molecule has 5 atom stereocenters. The molecule has 0 aromatic rings. The minimum Gasteiger partial charge on any atom is -0.462 e. The van der Waals surface area contributed by atoms with Crippen molar-refractivity contribution in [1.82, 2.24) is 0 Å². The van der Waals surface area contributed by atoms with Crippen LogP contribution in [0.4, 0.5) is 0 Å². The van der Waals surface area contributed by atoms with Crippen LogP contribution in [0.5, 0.6) is 0 Å². The van der Waals surface area contributed by atoms with Crippen LogP contribution in [-0.2, 0) is 65.4 Å². The topological polar surface area (TPSA) is 237 Å². The second kappa shape index (κ2) is 59.8. The number of unbranched alkanes of at least 4 members (excludes halogenated alkanes) is 33. The van der Waals surface area contributed by atoms with E-state index < -0.39 is 97.5 Å². The summed E-state index contributed by atoms with van der Waals surface area (Å²) in [5.41, 5.74) is 0. The van der Waals surface area contributed by atoms with E-state index in [2.05, 4.69) is 55.4 Å². The third kappa shape index (κ3) is 64.6. The van der Waals surface area contributed by atoms with Crippen molar-refractivity contribution >= 4 is 39.5 Å². The summed E-state index contributed by atoms with van der Waals surface area (Å²) < 4.78 is 68.1. The van der Waals surface area contributed by atoms with Gasteiger partial charge in [0.15, 0.2) is 12.2 Å². The van der Waals surface area contributed by atoms with E-state index in [9.17, 15) is 43.2 Å². The van der Waals surface area contributed by atoms with Crippen LogP contribution in [-0.4, -0.2) is 96.7 Å². The molecule has 0 amide bonds. The highest BCUT2D eigenvalue weighted by molar-refractivity contribution is 7.47. The lowest BCUT2D eigenvalue weighted by molar-refractivity contribution is -0.161. The quantitative estimate of drug-likeness (QED) is 0.0222. The molecule has 0 saturated heterocycles. The van der Waals surface area contributed by atoms with Gasteiger partial charge >= 0.3 is 39.5 Å². The number of aliphatic hydroxyl groups excluding tert-OH is 1. The van der Waals surface area contributed by atoms with Crippen molar-refractivity contribution in [3.8, 4) is 0 Å². The summed E-state index contributed by atoms with van der Waals surface area (Å²) in [6.45, 7) is 13.9. The lowest BCUT2D eigenvalue weighted by Gasteiger charge is -2.21. The van der Waals surface area contributed by atoms with E-state index in [0.29, 0.717) is 43.4 Å². The molecule has 0 saturated carbocycles. The summed E-state index contributed by atoms with van der Waals surface area (Å²) in [4.78, 5) is 72.3. The number of carbonyl (C=O) groups is 4. The Balaban J connectivity index is 5.13. The molecule has 0 bridgehead atoms. The van der Waals surface area contributed by atoms with Crippen molar-refractivity contribution in [3.63, 3.8) is 0 Å². The van der Waals surface area contributed by atoms with Gasteiger partial charge in [-0.1, -0.05) is 293 Å². The Hall–Kier alpha value is -1.94. The standard InChI is InChI=1S/C70H136O17P2/c1-60(2)46-38-30-22-19-17-15-13-11-9-10-12-14-16-18-20-24-36-44-52-69(74)86-65(56-80-67(72)50-42-34-28-26-32-40-48-62(5)6)58-84-88(76,77)82-54-64(71)55-83-89(78,79)85-59-66(57-81-68(73)51-43-35-29-27-33-41-49-63(7)8)87-70(75)53-45-37-25-21-23-31-39-47-61(3)4/h60-66,71H,9-59H2,1-8H3,(H,76,77)(H,78,79)/t64-,65-,66-/m1/s1. The summed E-state index contributed by atoms with van der Waals surface area (Å²) in [6, 6.07) is 0. The van der Waals surface area contributed by atoms with Gasteiger partial charge in [-0.05, 0) is 49.4 Å². The van der Waals surface area contributed by atoms with Gasteiger partial charge in [0.25, 0.3) is 0 Å². The molecule has 0 aliphatic carbocycles. The number of carbonyl (C=O) groups excluding carboxylic acids is 4. The summed E-state index contributed by atoms with van der Waals surface area (Å²) in [7, 11) is -9.90. The number of ether oxygens (including phenoxy) is 4. The fraction of sp³-hybridized carbons (Fsp3) is 0.943. The molecule has 0 aromatic heterocycles. The molecule has 0 spiro atoms. The highest BCUT2D eigenvalue weighted by atomic mass is 31.2. The van der Waals surface area contributed by atoms with Crippen molar-refractivity contribution in [3.05, 3.63) is 0 Å². The first-order valence-electron chi connectivity index (χ1n) is 36.2. The smallest absolute Gasteiger partial charge is 0.462 e. The molecule has 0 rings (SSSR count). The molecular formula is C70H136O17P2. The van der Waals surface area contributed by atoms with Gasteiger partial charge in [0.1, 0.15) is 19.3 Å². The monoisotopic (exact) mass is 1310 g/mol. The van der Waals surface area contributed by atoms with E-state index >= 15 is 0 Å². The SMILES string of the molecule is CC(C)CCCCCCCCCCCCCCCCCCCCC(=O)O[C@H](COC(=O)CCCCCCCCC(C)C)COP(=O)(O)OC[C@@H](O)COP(=O)(O)OC[C@@H](COC(=O)CCCCCCCCC(C)C)OC(=O)CCCCCCCCCC(C)C. The Morgan fingerprint density at radius 2 is 0.472 bits per heavy atom. The molecule has 0 heterocycles. The van der Waals surface area contributed by atoms with Crippen molar-refractivity contribution in [1.29, 1.82) is 0 Å². The second-order valence-corrected chi connectivity index (χ2v) is 30.1. The Labute approximate surface area is 543 Å². The number of phosphoric ester groups is 2. The Morgan fingerprint density at radius 3 is 0.697 bits per heavy atom. The molecule has 0 fully saturated rings. The van der Waals surface area contributed by atoms with Crippen LogP contribution in [0, 0.1) is 23.7 Å². The first-order valence-corrected chi connectivity index (χ1v) is 39.2. The molecule has 17 nitrogen and oxygen atoms in total. The lowest BCUT2D eigenvalue weighted by Crippen LogP contribution is -2.30. The second-order valence-electron chi connectivity index (χ2n) is 27.2. The third-order valence-corrected chi connectivity index (χ3v) is 18.0. The fourth-order valence-electron chi connectivity index (χ4n) is 10.5. The van der Waals surface area contributed by atoms with Gasteiger partial charge in [-0.25, -0.2) is 9.13 Å². The highest BCUT2D eigenvalue weighted by Crippen LogP contribution is 2.45. The van der Waals surface area contributed by atoms with Crippen LogP contribution in [0.25, 0.3) is 0 Å². The van der Waals surface area contributed by atoms with E-state index in [1.54, 1.807) is 0 Å². The van der Waals surface area contributed by atoms with Crippen LogP contribution >= 0.6 is 15.6 Å². The van der Waals surface area contributed by atoms with Gasteiger partial charge in [0.05, 0.1) is 26.4 Å². The van der Waals surface area contributed by atoms with E-state index in [4.69, 9.17) is 37.0 Å². The normalized spacial score (nSPS) is 14.3. The Bertz CT molecular complexity index is 1760. The van der Waals surface area contributed by atoms with Gasteiger partial charge < -0.3 is 33.8 Å². The minimum absolute atomic E-state index is 0.102. The molecule has 0 aromatic carbocycles. The van der Waals surface area contributed by atoms with Crippen molar-refractivity contribution in [2.45, 2.75) is 363 Å². The van der Waals surface area contributed by atoms with Crippen molar-refractivity contribution in [2.75, 3.05) is 39.6 Å². The maximum Gasteiger partial charge on any atom is 0.472 e. The Morgan fingerprint density at radius 1 is 0.281 bits per heavy atom. The van der Waals surface area contributed by atoms with E-state index in [0.717, 1.165) is 109 Å². The number of rotatable bonds is 67. The third-order valence-electron chi connectivity index (χ3n) is 16.1. The zero-order chi connectivity index (χ0) is 66.1. The average molecular weight is 1310 g/mol. The summed E-state index contributed by atoms with van der Waals surface area (Å²) in [5, 5.41) is 10.6. The van der Waals surface area contributed by atoms with Crippen LogP contribution in [0.15, 0.2) is 0 Å². The highest BCUT2D eigenvalue weighted by Gasteiger charge is 2.30. The van der Waals surface area contributed by atoms with Crippen LogP contribution in [0.1, 0.15) is 344 Å². The molecule has 0 aliphatic rings. The number of phosphoric acid groups is 2. The maximum absolute atomic E-state index is 13.0. The lowest BCUT2D eigenvalue weighted by atomic mass is 10.0.